The van der Waals surface area contributed by atoms with E-state index in [4.69, 9.17) is 9.73 Å². The summed E-state index contributed by atoms with van der Waals surface area (Å²) in [5.41, 5.74) is 2.34. The molecule has 0 bridgehead atoms. The quantitative estimate of drug-likeness (QED) is 0.432. The summed E-state index contributed by atoms with van der Waals surface area (Å²) in [6.45, 7) is 8.23. The van der Waals surface area contributed by atoms with Gasteiger partial charge in [-0.1, -0.05) is 56.3 Å². The Balaban J connectivity index is 1.71. The Hall–Kier alpha value is -3.35. The van der Waals surface area contributed by atoms with Gasteiger partial charge in [0.2, 0.25) is 0 Å². The second-order valence-corrected chi connectivity index (χ2v) is 8.19. The molecule has 0 aliphatic carbocycles. The first kappa shape index (κ1) is 22.3. The van der Waals surface area contributed by atoms with Gasteiger partial charge >= 0.3 is 0 Å². The van der Waals surface area contributed by atoms with Crippen LogP contribution in [0.1, 0.15) is 36.6 Å². The van der Waals surface area contributed by atoms with Crippen molar-refractivity contribution in [3.8, 4) is 5.75 Å². The Labute approximate surface area is 184 Å². The van der Waals surface area contributed by atoms with Gasteiger partial charge in [0.25, 0.3) is 0 Å². The van der Waals surface area contributed by atoms with E-state index in [1.54, 1.807) is 7.11 Å². The molecule has 164 valence electrons. The summed E-state index contributed by atoms with van der Waals surface area (Å²) in [6.07, 6.45) is 0. The molecule has 2 aromatic carbocycles. The molecule has 7 nitrogen and oxygen atoms in total. The fourth-order valence-corrected chi connectivity index (χ4v) is 3.14. The number of nitrogens with zero attached hydrogens (tertiary/aromatic N) is 4. The average Bonchev–Trinajstić information content (AvgIpc) is 3.11. The van der Waals surface area contributed by atoms with Gasteiger partial charge in [-0.25, -0.2) is 4.99 Å². The van der Waals surface area contributed by atoms with Crippen LogP contribution < -0.4 is 15.4 Å². The van der Waals surface area contributed by atoms with Gasteiger partial charge in [-0.2, -0.15) is 0 Å². The summed E-state index contributed by atoms with van der Waals surface area (Å²) in [6, 6.07) is 18.5. The van der Waals surface area contributed by atoms with Gasteiger partial charge in [0.1, 0.15) is 11.6 Å². The Morgan fingerprint density at radius 3 is 2.35 bits per heavy atom. The predicted molar refractivity (Wildman–Crippen MR) is 124 cm³/mol. The highest BCUT2D eigenvalue weighted by atomic mass is 16.5. The number of aliphatic imine (C=N–C) groups is 1. The van der Waals surface area contributed by atoms with Crippen molar-refractivity contribution in [3.63, 3.8) is 0 Å². The van der Waals surface area contributed by atoms with Crippen molar-refractivity contribution >= 4 is 5.96 Å². The Kier molecular flexibility index (Phi) is 7.28. The molecule has 3 aromatic rings. The lowest BCUT2D eigenvalue weighted by molar-refractivity contribution is 0.414. The molecule has 0 saturated heterocycles. The molecule has 0 aliphatic heterocycles. The Morgan fingerprint density at radius 1 is 1.03 bits per heavy atom. The van der Waals surface area contributed by atoms with E-state index in [0.717, 1.165) is 35.5 Å². The average molecular weight is 421 g/mol. The zero-order valence-electron chi connectivity index (χ0n) is 19.0. The van der Waals surface area contributed by atoms with E-state index < -0.39 is 0 Å². The number of guanidine groups is 1. The van der Waals surface area contributed by atoms with Crippen molar-refractivity contribution in [1.82, 2.24) is 25.4 Å². The third-order valence-corrected chi connectivity index (χ3v) is 5.43. The Bertz CT molecular complexity index is 993. The van der Waals surface area contributed by atoms with Gasteiger partial charge < -0.3 is 19.9 Å². The van der Waals surface area contributed by atoms with Crippen molar-refractivity contribution in [2.24, 2.45) is 12.0 Å². The fraction of sp³-hybridized carbons (Fsp3) is 0.375. The summed E-state index contributed by atoms with van der Waals surface area (Å²) in [7, 11) is 3.63. The van der Waals surface area contributed by atoms with Gasteiger partial charge in [0, 0.05) is 19.0 Å². The molecule has 2 N–H and O–H groups in total. The van der Waals surface area contributed by atoms with Crippen molar-refractivity contribution in [2.75, 3.05) is 13.7 Å². The van der Waals surface area contributed by atoms with E-state index in [2.05, 4.69) is 58.9 Å². The molecule has 7 heteroatoms. The minimum Gasteiger partial charge on any atom is -0.497 e. The van der Waals surface area contributed by atoms with E-state index in [0.29, 0.717) is 13.1 Å². The van der Waals surface area contributed by atoms with Gasteiger partial charge in [-0.15, -0.1) is 10.2 Å². The lowest BCUT2D eigenvalue weighted by Crippen LogP contribution is -2.43. The minimum absolute atomic E-state index is 0.0504. The minimum atomic E-state index is -0.0504. The summed E-state index contributed by atoms with van der Waals surface area (Å²) in [4.78, 5) is 4.79. The van der Waals surface area contributed by atoms with Gasteiger partial charge in [-0.05, 0) is 30.2 Å². The first-order valence-electron chi connectivity index (χ1n) is 10.4. The van der Waals surface area contributed by atoms with Crippen LogP contribution >= 0.6 is 0 Å². The smallest absolute Gasteiger partial charge is 0.192 e. The highest BCUT2D eigenvalue weighted by Gasteiger charge is 2.20. The van der Waals surface area contributed by atoms with Crippen LogP contribution in [-0.4, -0.2) is 34.4 Å². The van der Waals surface area contributed by atoms with Crippen LogP contribution in [0.2, 0.25) is 0 Å². The summed E-state index contributed by atoms with van der Waals surface area (Å²) in [5, 5.41) is 15.3. The SMILES string of the molecule is COc1ccc(CN=C(NCc2nnc(C)n2C)NCC(C)(C)c2ccccc2)cc1. The van der Waals surface area contributed by atoms with Crippen LogP contribution in [0.5, 0.6) is 5.75 Å². The normalized spacial score (nSPS) is 12.0. The van der Waals surface area contributed by atoms with Gasteiger partial charge in [0.05, 0.1) is 20.2 Å². The number of benzene rings is 2. The predicted octanol–water partition coefficient (Wildman–Crippen LogP) is 3.35. The highest BCUT2D eigenvalue weighted by Crippen LogP contribution is 2.21. The van der Waals surface area contributed by atoms with E-state index >= 15 is 0 Å². The Morgan fingerprint density at radius 2 is 1.74 bits per heavy atom. The summed E-state index contributed by atoms with van der Waals surface area (Å²) < 4.78 is 7.21. The van der Waals surface area contributed by atoms with Crippen LogP contribution in [0.4, 0.5) is 0 Å². The number of hydrogen-bond acceptors (Lipinski definition) is 4. The van der Waals surface area contributed by atoms with Gasteiger partial charge in [-0.3, -0.25) is 0 Å². The van der Waals surface area contributed by atoms with Crippen LogP contribution in [-0.2, 0) is 25.6 Å². The molecule has 0 atom stereocenters. The molecular formula is C24H32N6O. The second kappa shape index (κ2) is 10.1. The monoisotopic (exact) mass is 420 g/mol. The maximum absolute atomic E-state index is 5.24. The molecule has 0 fully saturated rings. The maximum atomic E-state index is 5.24. The van der Waals surface area contributed by atoms with Gasteiger partial charge in [0.15, 0.2) is 11.8 Å². The molecule has 1 aromatic heterocycles. The maximum Gasteiger partial charge on any atom is 0.192 e. The van der Waals surface area contributed by atoms with Crippen LogP contribution in [0.25, 0.3) is 0 Å². The lowest BCUT2D eigenvalue weighted by atomic mass is 9.85. The summed E-state index contributed by atoms with van der Waals surface area (Å²) >= 11 is 0. The number of hydrogen-bond donors (Lipinski definition) is 2. The second-order valence-electron chi connectivity index (χ2n) is 8.19. The third kappa shape index (κ3) is 6.07. The zero-order chi connectivity index (χ0) is 22.3. The number of aryl methyl sites for hydroxylation is 1. The fourth-order valence-electron chi connectivity index (χ4n) is 3.14. The molecule has 1 heterocycles. The highest BCUT2D eigenvalue weighted by molar-refractivity contribution is 5.79. The van der Waals surface area contributed by atoms with Crippen LogP contribution in [0, 0.1) is 6.92 Å². The number of nitrogens with one attached hydrogen (secondary N) is 2. The number of ether oxygens (including phenoxy) is 1. The molecule has 0 unspecified atom stereocenters. The summed E-state index contributed by atoms with van der Waals surface area (Å²) in [5.74, 6) is 3.32. The molecule has 0 spiro atoms. The van der Waals surface area contributed by atoms with Crippen LogP contribution in [0.15, 0.2) is 59.6 Å². The molecule has 0 amide bonds. The van der Waals surface area contributed by atoms with E-state index in [1.165, 1.54) is 5.56 Å². The topological polar surface area (TPSA) is 76.4 Å². The number of methoxy groups -OCH3 is 1. The first-order valence-corrected chi connectivity index (χ1v) is 10.4. The number of aromatic nitrogens is 3. The zero-order valence-corrected chi connectivity index (χ0v) is 19.0. The number of rotatable bonds is 8. The van der Waals surface area contributed by atoms with Crippen molar-refractivity contribution < 1.29 is 4.74 Å². The molecule has 31 heavy (non-hydrogen) atoms. The lowest BCUT2D eigenvalue weighted by Gasteiger charge is -2.27. The van der Waals surface area contributed by atoms with Crippen LogP contribution in [0.3, 0.4) is 0 Å². The first-order chi connectivity index (χ1) is 14.9. The van der Waals surface area contributed by atoms with E-state index in [-0.39, 0.29) is 5.41 Å². The molecule has 0 saturated carbocycles. The molecule has 0 aliphatic rings. The van der Waals surface area contributed by atoms with Crippen molar-refractivity contribution in [2.45, 2.75) is 39.3 Å². The molecular weight excluding hydrogens is 388 g/mol. The standard InChI is InChI=1S/C24H32N6O/c1-18-28-29-22(30(18)4)16-26-23(25-15-19-11-13-21(31-5)14-12-19)27-17-24(2,3)20-9-7-6-8-10-20/h6-14H,15-17H2,1-5H3,(H2,25,26,27). The molecule has 0 radical (unpaired) electrons. The van der Waals surface area contributed by atoms with E-state index in [9.17, 15) is 0 Å². The largest absolute Gasteiger partial charge is 0.497 e. The van der Waals surface area contributed by atoms with E-state index in [1.807, 2.05) is 48.9 Å². The van der Waals surface area contributed by atoms with Crippen molar-refractivity contribution in [3.05, 3.63) is 77.4 Å². The third-order valence-electron chi connectivity index (χ3n) is 5.43. The molecule has 3 rings (SSSR count). The van der Waals surface area contributed by atoms with Crippen molar-refractivity contribution in [1.29, 1.82) is 0 Å².